The molecule has 4 nitrogen and oxygen atoms in total. The van der Waals surface area contributed by atoms with E-state index >= 15 is 0 Å². The second-order valence-corrected chi connectivity index (χ2v) is 6.53. The van der Waals surface area contributed by atoms with Crippen molar-refractivity contribution in [1.29, 1.82) is 0 Å². The Morgan fingerprint density at radius 1 is 1.15 bits per heavy atom. The summed E-state index contributed by atoms with van der Waals surface area (Å²) in [5.74, 6) is 0.528. The number of hydrogen-bond acceptors (Lipinski definition) is 3. The molecule has 1 N–H and O–H groups in total. The minimum Gasteiger partial charge on any atom is -0.496 e. The van der Waals surface area contributed by atoms with Crippen molar-refractivity contribution in [2.24, 2.45) is 0 Å². The lowest BCUT2D eigenvalue weighted by Crippen LogP contribution is -2.24. The first-order chi connectivity index (χ1) is 9.60. The molecule has 20 heavy (non-hydrogen) atoms. The number of nitrogens with one attached hydrogen (secondary N) is 1. The van der Waals surface area contributed by atoms with Crippen molar-refractivity contribution in [2.75, 3.05) is 13.7 Å². The molecule has 0 saturated heterocycles. The number of ether oxygens (including phenoxy) is 1. The third-order valence-electron chi connectivity index (χ3n) is 3.11. The zero-order chi connectivity index (χ0) is 14.8. The van der Waals surface area contributed by atoms with Crippen molar-refractivity contribution in [1.82, 2.24) is 4.72 Å². The summed E-state index contributed by atoms with van der Waals surface area (Å²) in [7, 11) is -1.89. The van der Waals surface area contributed by atoms with Crippen LogP contribution >= 0.6 is 0 Å². The molecule has 0 fully saturated rings. The standard InChI is InChI=1S/C15H24NO3S/c1-3-4-5-6-7-8-13-16-20(17,18)15-11-9-14(19-2)10-12-15/h9,11-12,16H,3-8,13H2,1-2H3. The number of sulfonamides is 1. The Morgan fingerprint density at radius 3 is 2.45 bits per heavy atom. The SMILES string of the molecule is CCCCCCCCNS(=O)(=O)c1c[c]c(OC)cc1. The molecule has 1 aromatic rings. The molecule has 113 valence electrons. The van der Waals surface area contributed by atoms with Gasteiger partial charge in [-0.3, -0.25) is 0 Å². The van der Waals surface area contributed by atoms with Gasteiger partial charge in [0.1, 0.15) is 5.75 Å². The first-order valence-corrected chi connectivity index (χ1v) is 8.64. The minimum absolute atomic E-state index is 0.226. The van der Waals surface area contributed by atoms with E-state index in [0.717, 1.165) is 12.8 Å². The van der Waals surface area contributed by atoms with E-state index in [1.807, 2.05) is 0 Å². The largest absolute Gasteiger partial charge is 0.496 e. The van der Waals surface area contributed by atoms with Crippen LogP contribution in [-0.2, 0) is 10.0 Å². The van der Waals surface area contributed by atoms with Crippen LogP contribution < -0.4 is 9.46 Å². The first-order valence-electron chi connectivity index (χ1n) is 7.15. The molecular formula is C15H24NO3S. The van der Waals surface area contributed by atoms with E-state index in [9.17, 15) is 8.42 Å². The molecule has 0 spiro atoms. The summed E-state index contributed by atoms with van der Waals surface area (Å²) >= 11 is 0. The number of hydrogen-bond donors (Lipinski definition) is 1. The number of rotatable bonds is 10. The highest BCUT2D eigenvalue weighted by molar-refractivity contribution is 7.89. The molecule has 0 heterocycles. The van der Waals surface area contributed by atoms with Gasteiger partial charge in [-0.2, -0.15) is 0 Å². The maximum Gasteiger partial charge on any atom is 0.240 e. The Kier molecular flexibility index (Phi) is 7.62. The van der Waals surface area contributed by atoms with Crippen LogP contribution in [0, 0.1) is 6.07 Å². The van der Waals surface area contributed by atoms with Gasteiger partial charge in [0, 0.05) is 12.6 Å². The third kappa shape index (κ3) is 5.92. The summed E-state index contributed by atoms with van der Waals surface area (Å²) in [5.41, 5.74) is 0. The molecule has 0 bridgehead atoms. The van der Waals surface area contributed by atoms with Crippen molar-refractivity contribution < 1.29 is 13.2 Å². The van der Waals surface area contributed by atoms with Crippen molar-refractivity contribution in [3.8, 4) is 5.75 Å². The maximum atomic E-state index is 12.0. The highest BCUT2D eigenvalue weighted by Gasteiger charge is 2.12. The lowest BCUT2D eigenvalue weighted by Gasteiger charge is -2.07. The van der Waals surface area contributed by atoms with Crippen LogP contribution in [0.5, 0.6) is 5.75 Å². The molecule has 1 aromatic carbocycles. The third-order valence-corrected chi connectivity index (χ3v) is 4.57. The van der Waals surface area contributed by atoms with E-state index < -0.39 is 10.0 Å². The normalized spacial score (nSPS) is 11.5. The fourth-order valence-electron chi connectivity index (χ4n) is 1.89. The van der Waals surface area contributed by atoms with E-state index in [0.29, 0.717) is 12.3 Å². The van der Waals surface area contributed by atoms with Crippen LogP contribution in [-0.4, -0.2) is 22.1 Å². The van der Waals surface area contributed by atoms with Crippen LogP contribution in [0.4, 0.5) is 0 Å². The molecule has 1 radical (unpaired) electrons. The van der Waals surface area contributed by atoms with Crippen LogP contribution in [0.1, 0.15) is 45.4 Å². The topological polar surface area (TPSA) is 55.4 Å². The van der Waals surface area contributed by atoms with E-state index in [4.69, 9.17) is 4.74 Å². The van der Waals surface area contributed by atoms with Crippen LogP contribution in [0.15, 0.2) is 23.1 Å². The van der Waals surface area contributed by atoms with Gasteiger partial charge in [-0.1, -0.05) is 39.0 Å². The van der Waals surface area contributed by atoms with E-state index in [1.165, 1.54) is 44.9 Å². The van der Waals surface area contributed by atoms with Gasteiger partial charge < -0.3 is 4.74 Å². The molecule has 5 heteroatoms. The van der Waals surface area contributed by atoms with Gasteiger partial charge in [0.05, 0.1) is 12.0 Å². The monoisotopic (exact) mass is 298 g/mol. The molecule has 0 saturated carbocycles. The smallest absolute Gasteiger partial charge is 0.240 e. The molecule has 0 atom stereocenters. The minimum atomic E-state index is -3.42. The van der Waals surface area contributed by atoms with Gasteiger partial charge in [0.2, 0.25) is 10.0 Å². The summed E-state index contributed by atoms with van der Waals surface area (Å²) in [6.45, 7) is 2.67. The lowest BCUT2D eigenvalue weighted by molar-refractivity contribution is 0.413. The van der Waals surface area contributed by atoms with Gasteiger partial charge in [-0.05, 0) is 24.6 Å². The van der Waals surface area contributed by atoms with Crippen molar-refractivity contribution >= 4 is 10.0 Å². The highest BCUT2D eigenvalue weighted by Crippen LogP contribution is 2.14. The van der Waals surface area contributed by atoms with E-state index in [2.05, 4.69) is 17.7 Å². The molecule has 0 aliphatic heterocycles. The average molecular weight is 298 g/mol. The number of unbranched alkanes of at least 4 members (excludes halogenated alkanes) is 5. The molecule has 0 aliphatic rings. The Bertz CT molecular complexity index is 468. The lowest BCUT2D eigenvalue weighted by atomic mass is 10.1. The Hall–Kier alpha value is -1.07. The number of methoxy groups -OCH3 is 1. The van der Waals surface area contributed by atoms with Gasteiger partial charge in [-0.25, -0.2) is 13.1 Å². The zero-order valence-electron chi connectivity index (χ0n) is 12.3. The molecule has 0 aliphatic carbocycles. The summed E-state index contributed by atoms with van der Waals surface area (Å²) in [4.78, 5) is 0.226. The average Bonchev–Trinajstić information content (AvgIpc) is 2.46. The summed E-state index contributed by atoms with van der Waals surface area (Å²) in [5, 5.41) is 0. The Morgan fingerprint density at radius 2 is 1.85 bits per heavy atom. The Balaban J connectivity index is 2.33. The zero-order valence-corrected chi connectivity index (χ0v) is 13.1. The fraction of sp³-hybridized carbons (Fsp3) is 0.600. The predicted molar refractivity (Wildman–Crippen MR) is 80.4 cm³/mol. The first kappa shape index (κ1) is 17.0. The van der Waals surface area contributed by atoms with Gasteiger partial charge in [-0.15, -0.1) is 0 Å². The Labute approximate surface area is 122 Å². The van der Waals surface area contributed by atoms with Crippen molar-refractivity contribution in [2.45, 2.75) is 50.3 Å². The highest BCUT2D eigenvalue weighted by atomic mass is 32.2. The summed E-state index contributed by atoms with van der Waals surface area (Å²) in [6.07, 6.45) is 6.83. The van der Waals surface area contributed by atoms with Crippen LogP contribution in [0.3, 0.4) is 0 Å². The quantitative estimate of drug-likeness (QED) is 0.675. The van der Waals surface area contributed by atoms with Crippen molar-refractivity contribution in [3.63, 3.8) is 0 Å². The van der Waals surface area contributed by atoms with E-state index in [-0.39, 0.29) is 4.90 Å². The van der Waals surface area contributed by atoms with E-state index in [1.54, 1.807) is 6.07 Å². The van der Waals surface area contributed by atoms with Crippen LogP contribution in [0.2, 0.25) is 0 Å². The van der Waals surface area contributed by atoms with Crippen LogP contribution in [0.25, 0.3) is 0 Å². The summed E-state index contributed by atoms with van der Waals surface area (Å²) < 4.78 is 31.6. The van der Waals surface area contributed by atoms with Gasteiger partial charge in [0.25, 0.3) is 0 Å². The fourth-order valence-corrected chi connectivity index (χ4v) is 2.93. The second kappa shape index (κ2) is 8.97. The number of benzene rings is 1. The van der Waals surface area contributed by atoms with Crippen molar-refractivity contribution in [3.05, 3.63) is 24.3 Å². The second-order valence-electron chi connectivity index (χ2n) is 4.76. The van der Waals surface area contributed by atoms with Gasteiger partial charge >= 0.3 is 0 Å². The molecule has 0 aromatic heterocycles. The molecule has 1 rings (SSSR count). The molecule has 0 unspecified atom stereocenters. The predicted octanol–water partition coefficient (Wildman–Crippen LogP) is 3.13. The molecule has 0 amide bonds. The molecular weight excluding hydrogens is 274 g/mol. The van der Waals surface area contributed by atoms with Gasteiger partial charge in [0.15, 0.2) is 0 Å². The summed E-state index contributed by atoms with van der Waals surface area (Å²) in [6, 6.07) is 7.33. The maximum absolute atomic E-state index is 12.0.